The van der Waals surface area contributed by atoms with Crippen molar-refractivity contribution < 1.29 is 19.3 Å². The van der Waals surface area contributed by atoms with Gasteiger partial charge in [0.05, 0.1) is 31.5 Å². The fourth-order valence-electron chi connectivity index (χ4n) is 2.17. The van der Waals surface area contributed by atoms with Gasteiger partial charge in [-0.15, -0.1) is 0 Å². The number of aliphatic hydroxyl groups excluding tert-OH is 1. The van der Waals surface area contributed by atoms with E-state index in [9.17, 15) is 0 Å². The molecule has 1 atom stereocenters. The number of benzene rings is 1. The van der Waals surface area contributed by atoms with Crippen molar-refractivity contribution in [2.75, 3.05) is 20.3 Å². The van der Waals surface area contributed by atoms with Gasteiger partial charge in [-0.05, 0) is 30.5 Å². The van der Waals surface area contributed by atoms with Crippen LogP contribution in [0.25, 0.3) is 0 Å². The Morgan fingerprint density at radius 3 is 2.95 bits per heavy atom. The zero-order valence-electron chi connectivity index (χ0n) is 11.0. The molecule has 0 saturated carbocycles. The topological polar surface area (TPSA) is 47.9 Å². The van der Waals surface area contributed by atoms with Crippen LogP contribution >= 0.6 is 11.6 Å². The summed E-state index contributed by atoms with van der Waals surface area (Å²) >= 11 is 6.14. The van der Waals surface area contributed by atoms with Gasteiger partial charge in [-0.3, -0.25) is 0 Å². The summed E-state index contributed by atoms with van der Waals surface area (Å²) in [7, 11) is 1.56. The van der Waals surface area contributed by atoms with E-state index in [0.29, 0.717) is 34.8 Å². The van der Waals surface area contributed by atoms with E-state index in [0.717, 1.165) is 25.9 Å². The Hall–Kier alpha value is -0.970. The maximum absolute atomic E-state index is 9.12. The number of hydrogen-bond donors (Lipinski definition) is 1. The summed E-state index contributed by atoms with van der Waals surface area (Å²) in [6.45, 7) is 1.31. The highest BCUT2D eigenvalue weighted by Gasteiger charge is 2.17. The molecule has 0 amide bonds. The van der Waals surface area contributed by atoms with E-state index in [1.165, 1.54) is 0 Å². The van der Waals surface area contributed by atoms with Crippen molar-refractivity contribution in [3.63, 3.8) is 0 Å². The van der Waals surface area contributed by atoms with Crippen LogP contribution in [-0.2, 0) is 11.3 Å². The van der Waals surface area contributed by atoms with Crippen LogP contribution in [0.2, 0.25) is 5.02 Å². The molecule has 1 heterocycles. The summed E-state index contributed by atoms with van der Waals surface area (Å²) in [6.07, 6.45) is 3.36. The van der Waals surface area contributed by atoms with Crippen LogP contribution in [0.15, 0.2) is 12.1 Å². The predicted octanol–water partition coefficient (Wildman–Crippen LogP) is 2.79. The zero-order chi connectivity index (χ0) is 13.7. The largest absolute Gasteiger partial charge is 0.493 e. The van der Waals surface area contributed by atoms with Gasteiger partial charge in [0.25, 0.3) is 0 Å². The molecule has 1 aromatic carbocycles. The van der Waals surface area contributed by atoms with Gasteiger partial charge in [-0.1, -0.05) is 11.6 Å². The number of ether oxygens (including phenoxy) is 3. The van der Waals surface area contributed by atoms with Crippen LogP contribution in [0.5, 0.6) is 11.5 Å². The highest BCUT2D eigenvalue weighted by molar-refractivity contribution is 6.32. The molecule has 0 aromatic heterocycles. The van der Waals surface area contributed by atoms with Crippen molar-refractivity contribution >= 4 is 11.6 Å². The van der Waals surface area contributed by atoms with Crippen LogP contribution in [-0.4, -0.2) is 31.5 Å². The lowest BCUT2D eigenvalue weighted by molar-refractivity contribution is 0.0899. The van der Waals surface area contributed by atoms with Crippen molar-refractivity contribution in [3.8, 4) is 11.5 Å². The fourth-order valence-corrected chi connectivity index (χ4v) is 2.46. The number of rotatable bonds is 6. The highest BCUT2D eigenvalue weighted by Crippen LogP contribution is 2.36. The first-order valence-electron chi connectivity index (χ1n) is 6.46. The lowest BCUT2D eigenvalue weighted by Crippen LogP contribution is -2.11. The van der Waals surface area contributed by atoms with E-state index in [-0.39, 0.29) is 6.61 Å². The normalized spacial score (nSPS) is 18.6. The molecule has 1 aliphatic rings. The molecule has 106 valence electrons. The van der Waals surface area contributed by atoms with E-state index >= 15 is 0 Å². The van der Waals surface area contributed by atoms with Crippen molar-refractivity contribution in [1.82, 2.24) is 0 Å². The summed E-state index contributed by atoms with van der Waals surface area (Å²) in [4.78, 5) is 0. The van der Waals surface area contributed by atoms with Crippen molar-refractivity contribution in [2.24, 2.45) is 0 Å². The molecule has 1 aromatic rings. The average Bonchev–Trinajstić information content (AvgIpc) is 2.93. The third kappa shape index (κ3) is 3.75. The van der Waals surface area contributed by atoms with Gasteiger partial charge < -0.3 is 19.3 Å². The van der Waals surface area contributed by atoms with Gasteiger partial charge in [-0.2, -0.15) is 0 Å². The van der Waals surface area contributed by atoms with Gasteiger partial charge >= 0.3 is 0 Å². The monoisotopic (exact) mass is 286 g/mol. The molecule has 1 fully saturated rings. The van der Waals surface area contributed by atoms with Crippen molar-refractivity contribution in [3.05, 3.63) is 22.7 Å². The molecular weight excluding hydrogens is 268 g/mol. The Balaban J connectivity index is 1.98. The molecule has 1 saturated heterocycles. The first-order valence-corrected chi connectivity index (χ1v) is 6.84. The second-order valence-corrected chi connectivity index (χ2v) is 4.95. The Morgan fingerprint density at radius 1 is 1.47 bits per heavy atom. The number of aliphatic hydroxyl groups is 1. The zero-order valence-corrected chi connectivity index (χ0v) is 11.8. The summed E-state index contributed by atoms with van der Waals surface area (Å²) < 4.78 is 16.5. The summed E-state index contributed by atoms with van der Waals surface area (Å²) in [6, 6.07) is 3.42. The molecule has 19 heavy (non-hydrogen) atoms. The molecular formula is C14H19ClO4. The Labute approximate surface area is 118 Å². The quantitative estimate of drug-likeness (QED) is 0.873. The number of hydrogen-bond acceptors (Lipinski definition) is 4. The van der Waals surface area contributed by atoms with E-state index in [2.05, 4.69) is 0 Å². The lowest BCUT2D eigenvalue weighted by atomic mass is 10.2. The molecule has 5 heteroatoms. The smallest absolute Gasteiger partial charge is 0.179 e. The van der Waals surface area contributed by atoms with Crippen LogP contribution in [0.4, 0.5) is 0 Å². The highest BCUT2D eigenvalue weighted by atomic mass is 35.5. The maximum Gasteiger partial charge on any atom is 0.179 e. The van der Waals surface area contributed by atoms with Crippen LogP contribution in [0, 0.1) is 0 Å². The molecule has 0 spiro atoms. The van der Waals surface area contributed by atoms with E-state index in [1.54, 1.807) is 19.2 Å². The average molecular weight is 287 g/mol. The van der Waals surface area contributed by atoms with Crippen LogP contribution in [0.1, 0.15) is 24.8 Å². The second-order valence-electron chi connectivity index (χ2n) is 4.54. The summed E-state index contributed by atoms with van der Waals surface area (Å²) in [5.74, 6) is 1.07. The number of methoxy groups -OCH3 is 1. The van der Waals surface area contributed by atoms with Crippen molar-refractivity contribution in [2.45, 2.75) is 32.0 Å². The molecule has 0 aliphatic carbocycles. The van der Waals surface area contributed by atoms with Gasteiger partial charge in [0.1, 0.15) is 0 Å². The van der Waals surface area contributed by atoms with Gasteiger partial charge in [-0.25, -0.2) is 0 Å². The minimum absolute atomic E-state index is 0.0771. The second kappa shape index (κ2) is 6.98. The Kier molecular flexibility index (Phi) is 5.31. The molecule has 2 rings (SSSR count). The summed E-state index contributed by atoms with van der Waals surface area (Å²) in [5.41, 5.74) is 0.702. The summed E-state index contributed by atoms with van der Waals surface area (Å²) in [5, 5.41) is 9.58. The minimum atomic E-state index is -0.0771. The molecule has 1 N–H and O–H groups in total. The maximum atomic E-state index is 9.12. The van der Waals surface area contributed by atoms with Crippen LogP contribution in [0.3, 0.4) is 0 Å². The van der Waals surface area contributed by atoms with Crippen LogP contribution < -0.4 is 9.47 Å². The standard InChI is InChI=1S/C14H19ClO4/c1-17-13-8-10(9-16)7-12(15)14(13)19-6-4-11-3-2-5-18-11/h7-8,11,16H,2-6,9H2,1H3. The SMILES string of the molecule is COc1cc(CO)cc(Cl)c1OCCC1CCCO1. The first kappa shape index (κ1) is 14.4. The van der Waals surface area contributed by atoms with E-state index < -0.39 is 0 Å². The lowest BCUT2D eigenvalue weighted by Gasteiger charge is -2.15. The molecule has 0 radical (unpaired) electrons. The third-order valence-electron chi connectivity index (χ3n) is 3.18. The third-order valence-corrected chi connectivity index (χ3v) is 3.46. The van der Waals surface area contributed by atoms with E-state index in [4.69, 9.17) is 30.9 Å². The molecule has 1 unspecified atom stereocenters. The molecule has 4 nitrogen and oxygen atoms in total. The van der Waals surface area contributed by atoms with Gasteiger partial charge in [0, 0.05) is 13.0 Å². The fraction of sp³-hybridized carbons (Fsp3) is 0.571. The minimum Gasteiger partial charge on any atom is -0.493 e. The van der Waals surface area contributed by atoms with Gasteiger partial charge in [0.15, 0.2) is 11.5 Å². The Morgan fingerprint density at radius 2 is 2.32 bits per heavy atom. The molecule has 0 bridgehead atoms. The van der Waals surface area contributed by atoms with E-state index in [1.807, 2.05) is 0 Å². The Bertz CT molecular complexity index is 416. The number of halogens is 1. The molecule has 1 aliphatic heterocycles. The van der Waals surface area contributed by atoms with Crippen molar-refractivity contribution in [1.29, 1.82) is 0 Å². The predicted molar refractivity (Wildman–Crippen MR) is 73.0 cm³/mol. The first-order chi connectivity index (χ1) is 9.24. The van der Waals surface area contributed by atoms with Gasteiger partial charge in [0.2, 0.25) is 0 Å².